The molecule has 0 radical (unpaired) electrons. The van der Waals surface area contributed by atoms with Gasteiger partial charge < -0.3 is 5.32 Å². The first kappa shape index (κ1) is 12.2. The zero-order valence-corrected chi connectivity index (χ0v) is 12.7. The Bertz CT molecular complexity index is 369. The van der Waals surface area contributed by atoms with E-state index in [-0.39, 0.29) is 0 Å². The molecule has 1 aromatic heterocycles. The fraction of sp³-hybridized carbons (Fsp3) is 0.714. The van der Waals surface area contributed by atoms with Crippen LogP contribution >= 0.6 is 27.3 Å². The summed E-state index contributed by atoms with van der Waals surface area (Å²) in [5, 5.41) is 3.74. The maximum absolute atomic E-state index is 3.74. The Morgan fingerprint density at radius 2 is 1.94 bits per heavy atom. The Labute approximate surface area is 116 Å². The SMILES string of the molecule is CC(NCC(C1CC1)C1CC1)c1ccc(Br)s1. The summed E-state index contributed by atoms with van der Waals surface area (Å²) in [5.41, 5.74) is 0. The van der Waals surface area contributed by atoms with Gasteiger partial charge in [0.2, 0.25) is 0 Å². The van der Waals surface area contributed by atoms with E-state index in [0.29, 0.717) is 6.04 Å². The van der Waals surface area contributed by atoms with Gasteiger partial charge in [-0.25, -0.2) is 0 Å². The molecule has 0 aromatic carbocycles. The van der Waals surface area contributed by atoms with Crippen LogP contribution < -0.4 is 5.32 Å². The van der Waals surface area contributed by atoms with Gasteiger partial charge in [0.25, 0.3) is 0 Å². The molecular formula is C14H20BrNS. The van der Waals surface area contributed by atoms with Crippen LogP contribution in [0.3, 0.4) is 0 Å². The van der Waals surface area contributed by atoms with Crippen molar-refractivity contribution < 1.29 is 0 Å². The minimum atomic E-state index is 0.506. The van der Waals surface area contributed by atoms with Crippen LogP contribution in [0.25, 0.3) is 0 Å². The first-order valence-electron chi connectivity index (χ1n) is 6.72. The lowest BCUT2D eigenvalue weighted by Crippen LogP contribution is -2.27. The topological polar surface area (TPSA) is 12.0 Å². The van der Waals surface area contributed by atoms with Crippen molar-refractivity contribution in [3.05, 3.63) is 20.8 Å². The van der Waals surface area contributed by atoms with Crippen molar-refractivity contribution in [2.24, 2.45) is 17.8 Å². The first-order valence-corrected chi connectivity index (χ1v) is 8.33. The molecule has 94 valence electrons. The molecule has 1 N–H and O–H groups in total. The number of nitrogens with one attached hydrogen (secondary N) is 1. The molecule has 1 aromatic rings. The van der Waals surface area contributed by atoms with Gasteiger partial charge in [0, 0.05) is 10.9 Å². The third kappa shape index (κ3) is 3.12. The standard InChI is InChI=1S/C14H20BrNS/c1-9(13-6-7-14(15)17-13)16-8-12(10-2-3-10)11-4-5-11/h6-7,9-12,16H,2-5,8H2,1H3. The van der Waals surface area contributed by atoms with E-state index in [1.807, 2.05) is 11.3 Å². The Kier molecular flexibility index (Phi) is 3.60. The van der Waals surface area contributed by atoms with Crippen LogP contribution in [-0.4, -0.2) is 6.54 Å². The minimum Gasteiger partial charge on any atom is -0.309 e. The van der Waals surface area contributed by atoms with Crippen molar-refractivity contribution in [2.75, 3.05) is 6.54 Å². The number of hydrogen-bond acceptors (Lipinski definition) is 2. The highest BCUT2D eigenvalue weighted by Crippen LogP contribution is 2.49. The predicted octanol–water partition coefficient (Wildman–Crippen LogP) is 4.60. The molecule has 0 amide bonds. The molecule has 0 bridgehead atoms. The normalized spacial score (nSPS) is 22.1. The lowest BCUT2D eigenvalue weighted by atomic mass is 9.97. The maximum atomic E-state index is 3.74. The van der Waals surface area contributed by atoms with Gasteiger partial charge >= 0.3 is 0 Å². The number of rotatable bonds is 6. The van der Waals surface area contributed by atoms with E-state index in [1.165, 1.54) is 40.9 Å². The van der Waals surface area contributed by atoms with Crippen molar-refractivity contribution in [1.82, 2.24) is 5.32 Å². The third-order valence-electron chi connectivity index (χ3n) is 4.14. The Morgan fingerprint density at radius 1 is 1.29 bits per heavy atom. The molecule has 2 fully saturated rings. The summed E-state index contributed by atoms with van der Waals surface area (Å²) in [5.74, 6) is 3.08. The van der Waals surface area contributed by atoms with E-state index in [2.05, 4.69) is 40.3 Å². The Hall–Kier alpha value is 0.140. The van der Waals surface area contributed by atoms with Crippen molar-refractivity contribution in [3.63, 3.8) is 0 Å². The van der Waals surface area contributed by atoms with Gasteiger partial charge in [-0.15, -0.1) is 11.3 Å². The number of hydrogen-bond donors (Lipinski definition) is 1. The lowest BCUT2D eigenvalue weighted by Gasteiger charge is -2.19. The zero-order chi connectivity index (χ0) is 11.8. The highest BCUT2D eigenvalue weighted by molar-refractivity contribution is 9.11. The monoisotopic (exact) mass is 313 g/mol. The maximum Gasteiger partial charge on any atom is 0.0701 e. The number of halogens is 1. The molecule has 3 heteroatoms. The van der Waals surface area contributed by atoms with Crippen molar-refractivity contribution in [2.45, 2.75) is 38.6 Å². The Morgan fingerprint density at radius 3 is 2.41 bits per heavy atom. The lowest BCUT2D eigenvalue weighted by molar-refractivity contribution is 0.363. The Balaban J connectivity index is 1.52. The van der Waals surface area contributed by atoms with E-state index in [1.54, 1.807) is 0 Å². The summed E-state index contributed by atoms with van der Waals surface area (Å²) < 4.78 is 1.24. The van der Waals surface area contributed by atoms with Crippen LogP contribution in [0.4, 0.5) is 0 Å². The molecule has 2 saturated carbocycles. The average molecular weight is 314 g/mol. The molecule has 3 rings (SSSR count). The van der Waals surface area contributed by atoms with Gasteiger partial charge in [0.05, 0.1) is 3.79 Å². The third-order valence-corrected chi connectivity index (χ3v) is 5.94. The van der Waals surface area contributed by atoms with E-state index >= 15 is 0 Å². The molecule has 0 saturated heterocycles. The molecule has 1 nitrogen and oxygen atoms in total. The molecule has 2 aliphatic carbocycles. The van der Waals surface area contributed by atoms with Crippen molar-refractivity contribution in [1.29, 1.82) is 0 Å². The summed E-state index contributed by atoms with van der Waals surface area (Å²) >= 11 is 5.39. The van der Waals surface area contributed by atoms with Crippen LogP contribution in [0, 0.1) is 17.8 Å². The second-order valence-electron chi connectivity index (χ2n) is 5.61. The van der Waals surface area contributed by atoms with E-state index < -0.39 is 0 Å². The molecule has 17 heavy (non-hydrogen) atoms. The molecule has 2 aliphatic rings. The van der Waals surface area contributed by atoms with Crippen LogP contribution in [0.5, 0.6) is 0 Å². The predicted molar refractivity (Wildman–Crippen MR) is 77.4 cm³/mol. The molecule has 0 spiro atoms. The van der Waals surface area contributed by atoms with Gasteiger partial charge in [-0.05, 0) is 85.0 Å². The molecular weight excluding hydrogens is 294 g/mol. The highest BCUT2D eigenvalue weighted by atomic mass is 79.9. The van der Waals surface area contributed by atoms with Crippen LogP contribution in [0.1, 0.15) is 43.5 Å². The first-order chi connectivity index (χ1) is 8.24. The van der Waals surface area contributed by atoms with E-state index in [4.69, 9.17) is 0 Å². The van der Waals surface area contributed by atoms with Crippen LogP contribution in [-0.2, 0) is 0 Å². The minimum absolute atomic E-state index is 0.506. The molecule has 1 heterocycles. The van der Waals surface area contributed by atoms with Gasteiger partial charge in [-0.2, -0.15) is 0 Å². The molecule has 0 aliphatic heterocycles. The summed E-state index contributed by atoms with van der Waals surface area (Å²) in [6.45, 7) is 3.52. The average Bonchev–Trinajstić information content (AvgIpc) is 3.20. The summed E-state index contributed by atoms with van der Waals surface area (Å²) in [6, 6.07) is 4.89. The molecule has 1 unspecified atom stereocenters. The van der Waals surface area contributed by atoms with Gasteiger partial charge in [0.1, 0.15) is 0 Å². The molecule has 1 atom stereocenters. The summed E-state index contributed by atoms with van der Waals surface area (Å²) in [7, 11) is 0. The number of thiophene rings is 1. The highest BCUT2D eigenvalue weighted by Gasteiger charge is 2.41. The fourth-order valence-corrected chi connectivity index (χ4v) is 4.19. The smallest absolute Gasteiger partial charge is 0.0701 e. The van der Waals surface area contributed by atoms with Gasteiger partial charge in [-0.3, -0.25) is 0 Å². The zero-order valence-electron chi connectivity index (χ0n) is 10.3. The summed E-state index contributed by atoms with van der Waals surface area (Å²) in [6.07, 6.45) is 5.95. The van der Waals surface area contributed by atoms with Crippen LogP contribution in [0.2, 0.25) is 0 Å². The largest absolute Gasteiger partial charge is 0.309 e. The fourth-order valence-electron chi connectivity index (χ4n) is 2.74. The van der Waals surface area contributed by atoms with Crippen molar-refractivity contribution in [3.8, 4) is 0 Å². The quantitative estimate of drug-likeness (QED) is 0.809. The van der Waals surface area contributed by atoms with Crippen molar-refractivity contribution >= 4 is 27.3 Å². The second-order valence-corrected chi connectivity index (χ2v) is 8.11. The van der Waals surface area contributed by atoms with Crippen LogP contribution in [0.15, 0.2) is 15.9 Å². The van der Waals surface area contributed by atoms with Gasteiger partial charge in [-0.1, -0.05) is 0 Å². The van der Waals surface area contributed by atoms with E-state index in [0.717, 1.165) is 17.8 Å². The van der Waals surface area contributed by atoms with Gasteiger partial charge in [0.15, 0.2) is 0 Å². The summed E-state index contributed by atoms with van der Waals surface area (Å²) in [4.78, 5) is 1.45. The van der Waals surface area contributed by atoms with E-state index in [9.17, 15) is 0 Å². The second kappa shape index (κ2) is 5.02.